The van der Waals surface area contributed by atoms with Crippen molar-refractivity contribution in [1.82, 2.24) is 4.90 Å². The zero-order chi connectivity index (χ0) is 14.0. The summed E-state index contributed by atoms with van der Waals surface area (Å²) in [5, 5.41) is 3.42. The van der Waals surface area contributed by atoms with Gasteiger partial charge in [-0.3, -0.25) is 0 Å². The maximum atomic E-state index is 11.8. The number of likely N-dealkylation sites (tertiary alicyclic amines) is 1. The molecule has 0 aromatic heterocycles. The predicted molar refractivity (Wildman–Crippen MR) is 78.2 cm³/mol. The number of hydrogen-bond donors (Lipinski definition) is 1. The molecular formula is C14H22N2O2S. The lowest BCUT2D eigenvalue weighted by Crippen LogP contribution is -2.43. The van der Waals surface area contributed by atoms with Crippen molar-refractivity contribution in [2.75, 3.05) is 31.7 Å². The van der Waals surface area contributed by atoms with Gasteiger partial charge in [0.2, 0.25) is 0 Å². The van der Waals surface area contributed by atoms with Crippen molar-refractivity contribution in [2.45, 2.75) is 24.3 Å². The van der Waals surface area contributed by atoms with Gasteiger partial charge in [0.15, 0.2) is 9.84 Å². The maximum absolute atomic E-state index is 11.8. The number of anilines is 1. The van der Waals surface area contributed by atoms with E-state index in [0.29, 0.717) is 16.9 Å². The Morgan fingerprint density at radius 1 is 1.32 bits per heavy atom. The first kappa shape index (κ1) is 14.3. The molecule has 1 aliphatic rings. The van der Waals surface area contributed by atoms with Gasteiger partial charge in [-0.2, -0.15) is 0 Å². The predicted octanol–water partition coefficient (Wildman–Crippen LogP) is 1.84. The second-order valence-corrected chi connectivity index (χ2v) is 7.53. The maximum Gasteiger partial charge on any atom is 0.177 e. The number of piperidine rings is 1. The molecule has 106 valence electrons. The molecule has 1 N–H and O–H groups in total. The van der Waals surface area contributed by atoms with Crippen molar-refractivity contribution in [1.29, 1.82) is 0 Å². The minimum Gasteiger partial charge on any atom is -0.381 e. The Bertz CT molecular complexity index is 542. The largest absolute Gasteiger partial charge is 0.381 e. The zero-order valence-corrected chi connectivity index (χ0v) is 12.6. The van der Waals surface area contributed by atoms with Crippen LogP contribution in [0.2, 0.25) is 0 Å². The first-order valence-corrected chi connectivity index (χ1v) is 8.51. The minimum atomic E-state index is -3.19. The third kappa shape index (κ3) is 3.48. The fourth-order valence-corrected chi connectivity index (χ4v) is 3.53. The van der Waals surface area contributed by atoms with Gasteiger partial charge in [0.05, 0.1) is 10.6 Å². The van der Waals surface area contributed by atoms with Crippen LogP contribution < -0.4 is 5.32 Å². The van der Waals surface area contributed by atoms with Crippen LogP contribution >= 0.6 is 0 Å². The summed E-state index contributed by atoms with van der Waals surface area (Å²) in [4.78, 5) is 2.70. The molecule has 2 atom stereocenters. The van der Waals surface area contributed by atoms with Crippen LogP contribution in [0.15, 0.2) is 29.2 Å². The monoisotopic (exact) mass is 282 g/mol. The summed E-state index contributed by atoms with van der Waals surface area (Å²) in [5.74, 6) is 0.506. The molecule has 0 bridgehead atoms. The Hall–Kier alpha value is -1.07. The van der Waals surface area contributed by atoms with E-state index < -0.39 is 9.84 Å². The summed E-state index contributed by atoms with van der Waals surface area (Å²) < 4.78 is 23.6. The fourth-order valence-electron chi connectivity index (χ4n) is 2.68. The first-order chi connectivity index (χ1) is 8.88. The second kappa shape index (κ2) is 5.51. The molecule has 1 aromatic carbocycles. The Kier molecular flexibility index (Phi) is 4.16. The highest BCUT2D eigenvalue weighted by atomic mass is 32.2. The smallest absolute Gasteiger partial charge is 0.177 e. The molecular weight excluding hydrogens is 260 g/mol. The lowest BCUT2D eigenvalue weighted by atomic mass is 9.94. The van der Waals surface area contributed by atoms with E-state index in [2.05, 4.69) is 24.2 Å². The first-order valence-electron chi connectivity index (χ1n) is 6.62. The second-order valence-electron chi connectivity index (χ2n) is 5.55. The molecule has 2 unspecified atom stereocenters. The van der Waals surface area contributed by atoms with Gasteiger partial charge in [-0.05, 0) is 38.1 Å². The van der Waals surface area contributed by atoms with Gasteiger partial charge in [0.1, 0.15) is 0 Å². The molecule has 19 heavy (non-hydrogen) atoms. The van der Waals surface area contributed by atoms with E-state index in [-0.39, 0.29) is 0 Å². The quantitative estimate of drug-likeness (QED) is 0.919. The van der Waals surface area contributed by atoms with Crippen LogP contribution in [0, 0.1) is 5.92 Å². The molecule has 0 amide bonds. The number of nitrogens with zero attached hydrogens (tertiary/aromatic N) is 1. The van der Waals surface area contributed by atoms with Gasteiger partial charge in [-0.1, -0.05) is 19.1 Å². The van der Waals surface area contributed by atoms with Crippen molar-refractivity contribution in [3.05, 3.63) is 24.3 Å². The molecule has 1 aromatic rings. The van der Waals surface area contributed by atoms with Crippen LogP contribution in [-0.2, 0) is 9.84 Å². The SMILES string of the molecule is CC1CN(C)CCC1Nc1ccccc1S(C)(=O)=O. The molecule has 1 aliphatic heterocycles. The van der Waals surface area contributed by atoms with Crippen molar-refractivity contribution in [3.63, 3.8) is 0 Å². The number of rotatable bonds is 3. The summed E-state index contributed by atoms with van der Waals surface area (Å²) in [6, 6.07) is 7.48. The minimum absolute atomic E-state index is 0.332. The Morgan fingerprint density at radius 2 is 2.00 bits per heavy atom. The molecule has 4 nitrogen and oxygen atoms in total. The summed E-state index contributed by atoms with van der Waals surface area (Å²) in [6.07, 6.45) is 2.29. The topological polar surface area (TPSA) is 49.4 Å². The summed E-state index contributed by atoms with van der Waals surface area (Å²) in [7, 11) is -1.06. The fraction of sp³-hybridized carbons (Fsp3) is 0.571. The molecule has 0 saturated carbocycles. The van der Waals surface area contributed by atoms with E-state index in [1.807, 2.05) is 12.1 Å². The molecule has 0 aliphatic carbocycles. The van der Waals surface area contributed by atoms with Crippen molar-refractivity contribution >= 4 is 15.5 Å². The van der Waals surface area contributed by atoms with Crippen molar-refractivity contribution in [3.8, 4) is 0 Å². The molecule has 1 saturated heterocycles. The van der Waals surface area contributed by atoms with Crippen LogP contribution in [-0.4, -0.2) is 45.8 Å². The number of nitrogens with one attached hydrogen (secondary N) is 1. The highest BCUT2D eigenvalue weighted by Gasteiger charge is 2.25. The number of sulfone groups is 1. The van der Waals surface area contributed by atoms with E-state index in [4.69, 9.17) is 0 Å². The summed E-state index contributed by atoms with van der Waals surface area (Å²) >= 11 is 0. The summed E-state index contributed by atoms with van der Waals surface area (Å²) in [6.45, 7) is 4.29. The number of para-hydroxylation sites is 1. The zero-order valence-electron chi connectivity index (χ0n) is 11.8. The van der Waals surface area contributed by atoms with E-state index in [1.165, 1.54) is 6.26 Å². The highest BCUT2D eigenvalue weighted by Crippen LogP contribution is 2.25. The Labute approximate surface area is 115 Å². The highest BCUT2D eigenvalue weighted by molar-refractivity contribution is 7.90. The molecule has 0 radical (unpaired) electrons. The number of hydrogen-bond acceptors (Lipinski definition) is 4. The van der Waals surface area contributed by atoms with Gasteiger partial charge in [-0.15, -0.1) is 0 Å². The van der Waals surface area contributed by atoms with Gasteiger partial charge in [0.25, 0.3) is 0 Å². The van der Waals surface area contributed by atoms with Gasteiger partial charge < -0.3 is 10.2 Å². The molecule has 1 heterocycles. The van der Waals surface area contributed by atoms with E-state index in [1.54, 1.807) is 12.1 Å². The van der Waals surface area contributed by atoms with Gasteiger partial charge in [0, 0.05) is 18.8 Å². The third-order valence-corrected chi connectivity index (χ3v) is 4.89. The molecule has 2 rings (SSSR count). The van der Waals surface area contributed by atoms with Crippen molar-refractivity contribution in [2.24, 2.45) is 5.92 Å². The van der Waals surface area contributed by atoms with Crippen LogP contribution in [0.3, 0.4) is 0 Å². The average Bonchev–Trinajstić information content (AvgIpc) is 2.32. The Balaban J connectivity index is 2.20. The van der Waals surface area contributed by atoms with Crippen LogP contribution in [0.25, 0.3) is 0 Å². The lowest BCUT2D eigenvalue weighted by molar-refractivity contribution is 0.206. The standard InChI is InChI=1S/C14H22N2O2S/c1-11-10-16(2)9-8-12(11)15-13-6-4-5-7-14(13)19(3,17)18/h4-7,11-12,15H,8-10H2,1-3H3. The Morgan fingerprint density at radius 3 is 2.63 bits per heavy atom. The molecule has 0 spiro atoms. The van der Waals surface area contributed by atoms with Gasteiger partial charge >= 0.3 is 0 Å². The third-order valence-electron chi connectivity index (χ3n) is 3.74. The van der Waals surface area contributed by atoms with E-state index >= 15 is 0 Å². The number of benzene rings is 1. The summed E-state index contributed by atoms with van der Waals surface area (Å²) in [5.41, 5.74) is 0.728. The average molecular weight is 282 g/mol. The van der Waals surface area contributed by atoms with Gasteiger partial charge in [-0.25, -0.2) is 8.42 Å². The van der Waals surface area contributed by atoms with Crippen molar-refractivity contribution < 1.29 is 8.42 Å². The molecule has 5 heteroatoms. The molecule has 1 fully saturated rings. The van der Waals surface area contributed by atoms with E-state index in [9.17, 15) is 8.42 Å². The lowest BCUT2D eigenvalue weighted by Gasteiger charge is -2.36. The van der Waals surface area contributed by atoms with E-state index in [0.717, 1.165) is 25.2 Å². The van der Waals surface area contributed by atoms with Crippen LogP contribution in [0.1, 0.15) is 13.3 Å². The van der Waals surface area contributed by atoms with Crippen LogP contribution in [0.4, 0.5) is 5.69 Å². The van der Waals surface area contributed by atoms with Crippen LogP contribution in [0.5, 0.6) is 0 Å². The normalized spacial score (nSPS) is 25.2.